The number of unbranched alkanes of at least 4 members (excludes halogenated alkanes) is 1. The number of thiocarbonyl (C=S) groups is 1. The van der Waals surface area contributed by atoms with E-state index in [1.807, 2.05) is 0 Å². The highest BCUT2D eigenvalue weighted by Gasteiger charge is 2.00. The maximum Gasteiger partial charge on any atom is 0.328 e. The van der Waals surface area contributed by atoms with Gasteiger partial charge in [-0.2, -0.15) is 0 Å². The first kappa shape index (κ1) is 12.6. The first-order valence-electron chi connectivity index (χ1n) is 5.09. The molecular weight excluding hydrogens is 226 g/mol. The van der Waals surface area contributed by atoms with E-state index >= 15 is 0 Å². The Hall–Kier alpha value is -1.43. The number of H-pyrrole nitrogens is 1. The quantitative estimate of drug-likeness (QED) is 0.574. The summed E-state index contributed by atoms with van der Waals surface area (Å²) in [4.78, 5) is 25.2. The van der Waals surface area contributed by atoms with E-state index in [9.17, 15) is 9.59 Å². The van der Waals surface area contributed by atoms with Gasteiger partial charge in [0.1, 0.15) is 0 Å². The van der Waals surface area contributed by atoms with Crippen LogP contribution in [0.5, 0.6) is 0 Å². The molecule has 0 amide bonds. The van der Waals surface area contributed by atoms with E-state index in [1.165, 1.54) is 4.57 Å². The average Bonchev–Trinajstić information content (AvgIpc) is 2.19. The largest absolute Gasteiger partial charge is 0.393 e. The lowest BCUT2D eigenvalue weighted by Gasteiger charge is -2.05. The monoisotopic (exact) mass is 241 g/mol. The van der Waals surface area contributed by atoms with Crippen LogP contribution in [-0.4, -0.2) is 14.5 Å². The average molecular weight is 241 g/mol. The number of aromatic amines is 1. The van der Waals surface area contributed by atoms with E-state index in [1.54, 1.807) is 13.1 Å². The van der Waals surface area contributed by atoms with Crippen molar-refractivity contribution in [2.24, 2.45) is 5.73 Å². The van der Waals surface area contributed by atoms with Crippen LogP contribution in [0.3, 0.4) is 0 Å². The first-order valence-corrected chi connectivity index (χ1v) is 5.50. The van der Waals surface area contributed by atoms with Crippen molar-refractivity contribution in [3.63, 3.8) is 0 Å². The van der Waals surface area contributed by atoms with Gasteiger partial charge in [0.05, 0.1) is 4.99 Å². The van der Waals surface area contributed by atoms with Crippen LogP contribution in [0.2, 0.25) is 0 Å². The zero-order valence-electron chi connectivity index (χ0n) is 9.16. The van der Waals surface area contributed by atoms with E-state index in [0.29, 0.717) is 23.5 Å². The van der Waals surface area contributed by atoms with Crippen LogP contribution in [0.1, 0.15) is 24.8 Å². The second kappa shape index (κ2) is 5.60. The molecular formula is C10H15N3O2S. The van der Waals surface area contributed by atoms with Crippen LogP contribution in [0.4, 0.5) is 0 Å². The predicted octanol–water partition coefficient (Wildman–Crippen LogP) is 0.301. The predicted molar refractivity (Wildman–Crippen MR) is 66.7 cm³/mol. The number of nitrogens with zero attached hydrogens (tertiary/aromatic N) is 1. The highest BCUT2D eigenvalue weighted by atomic mass is 32.1. The minimum Gasteiger partial charge on any atom is -0.393 e. The van der Waals surface area contributed by atoms with Crippen molar-refractivity contribution in [2.75, 3.05) is 0 Å². The van der Waals surface area contributed by atoms with E-state index in [-0.39, 0.29) is 11.2 Å². The van der Waals surface area contributed by atoms with Crippen molar-refractivity contribution in [3.8, 4) is 0 Å². The summed E-state index contributed by atoms with van der Waals surface area (Å²) in [6, 6.07) is 0. The second-order valence-electron chi connectivity index (χ2n) is 3.69. The molecule has 0 aromatic carbocycles. The van der Waals surface area contributed by atoms with Gasteiger partial charge in [0.25, 0.3) is 5.56 Å². The number of aryl methyl sites for hydroxylation is 2. The van der Waals surface area contributed by atoms with Gasteiger partial charge in [0.2, 0.25) is 0 Å². The van der Waals surface area contributed by atoms with Crippen LogP contribution in [0.15, 0.2) is 15.8 Å². The van der Waals surface area contributed by atoms with Crippen LogP contribution < -0.4 is 17.0 Å². The van der Waals surface area contributed by atoms with Gasteiger partial charge in [0.15, 0.2) is 0 Å². The van der Waals surface area contributed by atoms with Gasteiger partial charge in [-0.3, -0.25) is 9.78 Å². The standard InChI is InChI=1S/C10H15N3O2S/c1-7-6-13(10(15)12-9(7)14)5-3-2-4-8(11)16/h6H,2-5H2,1H3,(H2,11,16)(H,12,14,15). The molecule has 0 spiro atoms. The Balaban J connectivity index is 2.61. The number of hydrogen-bond acceptors (Lipinski definition) is 3. The van der Waals surface area contributed by atoms with Crippen LogP contribution >= 0.6 is 12.2 Å². The summed E-state index contributed by atoms with van der Waals surface area (Å²) in [5.41, 5.74) is 5.20. The number of rotatable bonds is 5. The van der Waals surface area contributed by atoms with Gasteiger partial charge in [-0.05, 0) is 26.2 Å². The van der Waals surface area contributed by atoms with Gasteiger partial charge >= 0.3 is 5.69 Å². The number of aromatic nitrogens is 2. The molecule has 0 aliphatic heterocycles. The minimum atomic E-state index is -0.370. The third-order valence-electron chi connectivity index (χ3n) is 2.26. The maximum absolute atomic E-state index is 11.4. The highest BCUT2D eigenvalue weighted by molar-refractivity contribution is 7.80. The van der Waals surface area contributed by atoms with Crippen molar-refractivity contribution in [1.82, 2.24) is 9.55 Å². The molecule has 1 heterocycles. The third-order valence-corrected chi connectivity index (χ3v) is 2.47. The smallest absolute Gasteiger partial charge is 0.328 e. The van der Waals surface area contributed by atoms with E-state index in [4.69, 9.17) is 18.0 Å². The van der Waals surface area contributed by atoms with Crippen molar-refractivity contribution >= 4 is 17.2 Å². The summed E-state index contributed by atoms with van der Waals surface area (Å²) in [6.07, 6.45) is 3.91. The summed E-state index contributed by atoms with van der Waals surface area (Å²) in [5, 5.41) is 0. The number of hydrogen-bond donors (Lipinski definition) is 2. The van der Waals surface area contributed by atoms with Gasteiger partial charge in [0, 0.05) is 18.3 Å². The van der Waals surface area contributed by atoms with Crippen LogP contribution in [0, 0.1) is 6.92 Å². The fourth-order valence-electron chi connectivity index (χ4n) is 1.37. The Bertz CT molecular complexity index is 490. The highest BCUT2D eigenvalue weighted by Crippen LogP contribution is 1.97. The fraction of sp³-hybridized carbons (Fsp3) is 0.500. The molecule has 3 N–H and O–H groups in total. The van der Waals surface area contributed by atoms with E-state index in [2.05, 4.69) is 4.98 Å². The van der Waals surface area contributed by atoms with Crippen molar-refractivity contribution in [1.29, 1.82) is 0 Å². The second-order valence-corrected chi connectivity index (χ2v) is 4.21. The molecule has 0 aliphatic rings. The molecule has 0 saturated heterocycles. The lowest BCUT2D eigenvalue weighted by molar-refractivity contribution is 0.585. The Morgan fingerprint density at radius 1 is 1.50 bits per heavy atom. The zero-order valence-corrected chi connectivity index (χ0v) is 9.97. The zero-order chi connectivity index (χ0) is 12.1. The van der Waals surface area contributed by atoms with Gasteiger partial charge < -0.3 is 10.3 Å². The molecule has 0 saturated carbocycles. The summed E-state index contributed by atoms with van der Waals surface area (Å²) in [5.74, 6) is 0. The topological polar surface area (TPSA) is 80.9 Å². The molecule has 0 bridgehead atoms. The lowest BCUT2D eigenvalue weighted by atomic mass is 10.2. The molecule has 1 aromatic rings. The van der Waals surface area contributed by atoms with Gasteiger partial charge in [-0.15, -0.1) is 0 Å². The molecule has 5 nitrogen and oxygen atoms in total. The number of nitrogens with one attached hydrogen (secondary N) is 1. The molecule has 0 unspecified atom stereocenters. The molecule has 0 fully saturated rings. The van der Waals surface area contributed by atoms with Crippen molar-refractivity contribution in [2.45, 2.75) is 32.7 Å². The molecule has 0 aliphatic carbocycles. The maximum atomic E-state index is 11.4. The summed E-state index contributed by atoms with van der Waals surface area (Å²) >= 11 is 4.75. The van der Waals surface area contributed by atoms with Gasteiger partial charge in [-0.1, -0.05) is 12.2 Å². The molecule has 16 heavy (non-hydrogen) atoms. The Kier molecular flexibility index (Phi) is 4.42. The molecule has 1 aromatic heterocycles. The molecule has 0 atom stereocenters. The van der Waals surface area contributed by atoms with Crippen LogP contribution in [0.25, 0.3) is 0 Å². The fourth-order valence-corrected chi connectivity index (χ4v) is 1.51. The van der Waals surface area contributed by atoms with Crippen LogP contribution in [-0.2, 0) is 6.54 Å². The molecule has 0 radical (unpaired) electrons. The summed E-state index contributed by atoms with van der Waals surface area (Å²) in [6.45, 7) is 2.24. The third kappa shape index (κ3) is 3.62. The molecule has 88 valence electrons. The summed E-state index contributed by atoms with van der Waals surface area (Å²) in [7, 11) is 0. The Morgan fingerprint density at radius 3 is 2.81 bits per heavy atom. The normalized spacial score (nSPS) is 10.3. The Morgan fingerprint density at radius 2 is 2.19 bits per heavy atom. The minimum absolute atomic E-state index is 0.329. The lowest BCUT2D eigenvalue weighted by Crippen LogP contribution is -2.30. The molecule has 6 heteroatoms. The summed E-state index contributed by atoms with van der Waals surface area (Å²) < 4.78 is 1.50. The Labute approximate surface area is 98.3 Å². The first-order chi connectivity index (χ1) is 7.50. The van der Waals surface area contributed by atoms with E-state index in [0.717, 1.165) is 12.8 Å². The number of nitrogens with two attached hydrogens (primary N) is 1. The molecule has 1 rings (SSSR count). The van der Waals surface area contributed by atoms with Gasteiger partial charge in [-0.25, -0.2) is 4.79 Å². The van der Waals surface area contributed by atoms with Crippen molar-refractivity contribution < 1.29 is 0 Å². The van der Waals surface area contributed by atoms with E-state index < -0.39 is 0 Å². The SMILES string of the molecule is Cc1cn(CCCCC(N)=S)c(=O)[nH]c1=O. The van der Waals surface area contributed by atoms with Crippen molar-refractivity contribution in [3.05, 3.63) is 32.6 Å².